The lowest BCUT2D eigenvalue weighted by molar-refractivity contribution is -0.384. The number of nitrogens with one attached hydrogen (secondary N) is 1. The van der Waals surface area contributed by atoms with Gasteiger partial charge in [-0.3, -0.25) is 10.1 Å². The van der Waals surface area contributed by atoms with Gasteiger partial charge in [-0.25, -0.2) is 9.78 Å². The van der Waals surface area contributed by atoms with Crippen molar-refractivity contribution in [2.45, 2.75) is 13.8 Å². The Morgan fingerprint density at radius 1 is 1.31 bits per heavy atom. The molecule has 0 aliphatic heterocycles. The van der Waals surface area contributed by atoms with Crippen molar-refractivity contribution in [1.82, 2.24) is 4.98 Å². The van der Waals surface area contributed by atoms with E-state index in [1.807, 2.05) is 0 Å². The number of carbonyl (C=O) groups excluding carboxylic acids is 1. The fraction of sp³-hybridized carbons (Fsp3) is 0.167. The smallest absolute Gasteiger partial charge is 0.350 e. The van der Waals surface area contributed by atoms with E-state index >= 15 is 0 Å². The molecule has 0 atom stereocenters. The molecule has 10 nitrogen and oxygen atoms in total. The van der Waals surface area contributed by atoms with Gasteiger partial charge >= 0.3 is 5.97 Å². The number of carbonyl (C=O) groups is 1. The lowest BCUT2D eigenvalue weighted by Crippen LogP contribution is -2.03. The van der Waals surface area contributed by atoms with Crippen LogP contribution in [0, 0.1) is 51.0 Å². The minimum atomic E-state index is -0.600. The van der Waals surface area contributed by atoms with E-state index in [-0.39, 0.29) is 39.1 Å². The number of esters is 1. The first kappa shape index (κ1) is 21.0. The van der Waals surface area contributed by atoms with Gasteiger partial charge in [0.2, 0.25) is 0 Å². The number of anilines is 1. The summed E-state index contributed by atoms with van der Waals surface area (Å²) in [5.41, 5.74) is -0.181. The molecule has 0 fully saturated rings. The fourth-order valence-electron chi connectivity index (χ4n) is 2.25. The van der Waals surface area contributed by atoms with Gasteiger partial charge in [-0.05, 0) is 19.9 Å². The first-order valence-electron chi connectivity index (χ1n) is 8.01. The highest BCUT2D eigenvalue weighted by atomic mass is 32.1. The van der Waals surface area contributed by atoms with Crippen molar-refractivity contribution in [2.75, 3.05) is 11.9 Å². The summed E-state index contributed by atoms with van der Waals surface area (Å²) in [6.07, 6.45) is 0. The Morgan fingerprint density at radius 3 is 2.55 bits per heavy atom. The molecule has 0 aliphatic carbocycles. The maximum Gasteiger partial charge on any atom is 0.350 e. The van der Waals surface area contributed by atoms with Crippen molar-refractivity contribution in [2.24, 2.45) is 0 Å². The molecular weight excluding hydrogens is 396 g/mol. The van der Waals surface area contributed by atoms with E-state index < -0.39 is 16.5 Å². The molecular formula is C18H12N6O4S. The summed E-state index contributed by atoms with van der Waals surface area (Å²) in [4.78, 5) is 27.2. The van der Waals surface area contributed by atoms with Gasteiger partial charge in [0.1, 0.15) is 33.8 Å². The zero-order valence-electron chi connectivity index (χ0n) is 15.2. The monoisotopic (exact) mass is 408 g/mol. The highest BCUT2D eigenvalue weighted by Gasteiger charge is 2.21. The number of aromatic nitrogens is 1. The second-order valence-corrected chi connectivity index (χ2v) is 6.35. The van der Waals surface area contributed by atoms with Crippen molar-refractivity contribution in [3.63, 3.8) is 0 Å². The van der Waals surface area contributed by atoms with Crippen molar-refractivity contribution in [1.29, 1.82) is 15.8 Å². The predicted octanol–water partition coefficient (Wildman–Crippen LogP) is 3.44. The molecule has 0 spiro atoms. The number of aryl methyl sites for hydroxylation is 1. The Labute approximate surface area is 169 Å². The fourth-order valence-corrected chi connectivity index (χ4v) is 3.24. The minimum absolute atomic E-state index is 0.177. The number of nitriles is 3. The molecule has 1 aromatic heterocycles. The molecule has 0 amide bonds. The summed E-state index contributed by atoms with van der Waals surface area (Å²) >= 11 is 0.973. The van der Waals surface area contributed by atoms with Crippen molar-refractivity contribution >= 4 is 28.7 Å². The number of benzene rings is 1. The highest BCUT2D eigenvalue weighted by Crippen LogP contribution is 2.36. The molecule has 0 radical (unpaired) electrons. The van der Waals surface area contributed by atoms with Crippen LogP contribution in [0.4, 0.5) is 11.4 Å². The van der Waals surface area contributed by atoms with E-state index in [2.05, 4.69) is 10.3 Å². The summed E-state index contributed by atoms with van der Waals surface area (Å²) in [6.45, 7) is 3.44. The van der Waals surface area contributed by atoms with Crippen LogP contribution in [-0.2, 0) is 4.74 Å². The molecule has 1 heterocycles. The molecule has 0 saturated carbocycles. The normalized spacial score (nSPS) is 9.48. The number of nitro groups is 1. The minimum Gasteiger partial charge on any atom is -0.462 e. The van der Waals surface area contributed by atoms with E-state index in [4.69, 9.17) is 15.3 Å². The Kier molecular flexibility index (Phi) is 6.59. The van der Waals surface area contributed by atoms with Crippen LogP contribution in [0.1, 0.15) is 22.3 Å². The summed E-state index contributed by atoms with van der Waals surface area (Å²) in [5, 5.41) is 41.3. The molecule has 2 aromatic rings. The number of hydrogen-bond acceptors (Lipinski definition) is 10. The number of hydrogen-bond donors (Lipinski definition) is 1. The predicted molar refractivity (Wildman–Crippen MR) is 102 cm³/mol. The lowest BCUT2D eigenvalue weighted by Gasteiger charge is -2.09. The Morgan fingerprint density at radius 2 is 2.00 bits per heavy atom. The SMILES string of the molecule is CCOC(=O)c1sc(-c2cc([N+](=O)[O-])ccc2NC(C#N)=C(C#N)C#N)nc1C. The second kappa shape index (κ2) is 9.09. The summed E-state index contributed by atoms with van der Waals surface area (Å²) in [6, 6.07) is 8.69. The van der Waals surface area contributed by atoms with E-state index in [0.29, 0.717) is 5.69 Å². The molecule has 0 unspecified atom stereocenters. The van der Waals surface area contributed by atoms with Gasteiger partial charge in [0.25, 0.3) is 5.69 Å². The Bertz CT molecular complexity index is 1130. The number of ether oxygens (including phenoxy) is 1. The highest BCUT2D eigenvalue weighted by molar-refractivity contribution is 7.17. The zero-order valence-corrected chi connectivity index (χ0v) is 16.0. The molecule has 1 aromatic carbocycles. The first-order chi connectivity index (χ1) is 13.9. The maximum atomic E-state index is 12.1. The third-order valence-electron chi connectivity index (χ3n) is 3.55. The number of nitro benzene ring substituents is 1. The number of non-ortho nitro benzene ring substituents is 1. The number of allylic oxidation sites excluding steroid dienone is 2. The lowest BCUT2D eigenvalue weighted by atomic mass is 10.1. The van der Waals surface area contributed by atoms with Gasteiger partial charge in [-0.15, -0.1) is 11.3 Å². The third-order valence-corrected chi connectivity index (χ3v) is 4.72. The van der Waals surface area contributed by atoms with Gasteiger partial charge in [-0.2, -0.15) is 15.8 Å². The quantitative estimate of drug-likeness (QED) is 0.326. The average Bonchev–Trinajstić information content (AvgIpc) is 3.09. The molecule has 29 heavy (non-hydrogen) atoms. The maximum absolute atomic E-state index is 12.1. The molecule has 1 N–H and O–H groups in total. The van der Waals surface area contributed by atoms with E-state index in [9.17, 15) is 20.2 Å². The van der Waals surface area contributed by atoms with Crippen LogP contribution in [0.5, 0.6) is 0 Å². The van der Waals surface area contributed by atoms with Crippen molar-refractivity contribution in [3.05, 3.63) is 50.2 Å². The van der Waals surface area contributed by atoms with Crippen molar-refractivity contribution < 1.29 is 14.5 Å². The van der Waals surface area contributed by atoms with Crippen molar-refractivity contribution in [3.8, 4) is 28.8 Å². The van der Waals surface area contributed by atoms with Gasteiger partial charge in [0.15, 0.2) is 5.57 Å². The third kappa shape index (κ3) is 4.53. The largest absolute Gasteiger partial charge is 0.462 e. The Hall–Kier alpha value is -4.27. The number of rotatable bonds is 6. The zero-order chi connectivity index (χ0) is 21.6. The van der Waals surface area contributed by atoms with E-state index in [1.165, 1.54) is 18.2 Å². The average molecular weight is 408 g/mol. The number of thiazole rings is 1. The summed E-state index contributed by atoms with van der Waals surface area (Å²) in [7, 11) is 0. The molecule has 2 rings (SSSR count). The molecule has 144 valence electrons. The topological polar surface area (TPSA) is 166 Å². The van der Waals surface area contributed by atoms with Crippen LogP contribution in [0.3, 0.4) is 0 Å². The van der Waals surface area contributed by atoms with Gasteiger partial charge < -0.3 is 10.1 Å². The van der Waals surface area contributed by atoms with Crippen LogP contribution in [0.2, 0.25) is 0 Å². The van der Waals surface area contributed by atoms with Crippen LogP contribution >= 0.6 is 11.3 Å². The summed E-state index contributed by atoms with van der Waals surface area (Å²) < 4.78 is 4.98. The van der Waals surface area contributed by atoms with Crippen LogP contribution in [-0.4, -0.2) is 22.5 Å². The molecule has 11 heteroatoms. The molecule has 0 bridgehead atoms. The van der Waals surface area contributed by atoms with Crippen LogP contribution < -0.4 is 5.32 Å². The Balaban J connectivity index is 2.65. The molecule has 0 saturated heterocycles. The standard InChI is InChI=1S/C18H12N6O4S/c1-3-28-18(25)16-10(2)22-17(29-16)13-6-12(24(26)27)4-5-14(13)23-15(9-21)11(7-19)8-20/h4-6,23H,3H2,1-2H3. The second-order valence-electron chi connectivity index (χ2n) is 5.35. The van der Waals surface area contributed by atoms with Gasteiger partial charge in [0.05, 0.1) is 17.2 Å². The van der Waals surface area contributed by atoms with Gasteiger partial charge in [-0.1, -0.05) is 0 Å². The first-order valence-corrected chi connectivity index (χ1v) is 8.82. The summed E-state index contributed by atoms with van der Waals surface area (Å²) in [5.74, 6) is -0.567. The van der Waals surface area contributed by atoms with Crippen LogP contribution in [0.15, 0.2) is 29.5 Å². The van der Waals surface area contributed by atoms with E-state index in [0.717, 1.165) is 11.3 Å². The number of nitrogens with zero attached hydrogens (tertiary/aromatic N) is 5. The van der Waals surface area contributed by atoms with E-state index in [1.54, 1.807) is 32.1 Å². The van der Waals surface area contributed by atoms with Crippen LogP contribution in [0.25, 0.3) is 10.6 Å². The molecule has 0 aliphatic rings. The van der Waals surface area contributed by atoms with Gasteiger partial charge in [0, 0.05) is 23.4 Å².